The van der Waals surface area contributed by atoms with Gasteiger partial charge in [0.15, 0.2) is 6.29 Å². The van der Waals surface area contributed by atoms with Crippen molar-refractivity contribution in [3.8, 4) is 0 Å². The first-order valence-corrected chi connectivity index (χ1v) is 7.65. The van der Waals surface area contributed by atoms with Crippen LogP contribution in [0.4, 0.5) is 4.39 Å². The Morgan fingerprint density at radius 1 is 1.25 bits per heavy atom. The molecule has 6 nitrogen and oxygen atoms in total. The minimum absolute atomic E-state index is 0.0310. The standard InChI is InChI=1S/C12H13FN2O2.C5H10O2/c13-11-9(8-16)2-1-3-10(11)12(17)15-6-4-14-5-7-15;1-5(2,3)7-4-6/h1-3,8,14H,4-7H2;4H,1-3H3. The molecule has 0 saturated carbocycles. The first kappa shape index (κ1) is 19.8. The second-order valence-corrected chi connectivity index (χ2v) is 6.20. The van der Waals surface area contributed by atoms with Crippen molar-refractivity contribution in [3.05, 3.63) is 35.1 Å². The normalized spacial score (nSPS) is 14.2. The summed E-state index contributed by atoms with van der Waals surface area (Å²) in [4.78, 5) is 33.8. The highest BCUT2D eigenvalue weighted by Crippen LogP contribution is 2.14. The van der Waals surface area contributed by atoms with Gasteiger partial charge in [0.1, 0.15) is 11.4 Å². The van der Waals surface area contributed by atoms with Crippen LogP contribution in [0.15, 0.2) is 18.2 Å². The van der Waals surface area contributed by atoms with Gasteiger partial charge in [0, 0.05) is 26.2 Å². The summed E-state index contributed by atoms with van der Waals surface area (Å²) in [6.07, 6.45) is 0.421. The van der Waals surface area contributed by atoms with E-state index >= 15 is 0 Å². The van der Waals surface area contributed by atoms with Gasteiger partial charge in [-0.05, 0) is 32.9 Å². The summed E-state index contributed by atoms with van der Waals surface area (Å²) in [6.45, 7) is 8.46. The Labute approximate surface area is 141 Å². The Bertz CT molecular complexity index is 578. The molecule has 2 rings (SSSR count). The van der Waals surface area contributed by atoms with Crippen molar-refractivity contribution < 1.29 is 23.5 Å². The van der Waals surface area contributed by atoms with Crippen LogP contribution in [0.25, 0.3) is 0 Å². The highest BCUT2D eigenvalue weighted by molar-refractivity contribution is 5.96. The van der Waals surface area contributed by atoms with Gasteiger partial charge in [-0.3, -0.25) is 14.4 Å². The zero-order valence-electron chi connectivity index (χ0n) is 14.2. The van der Waals surface area contributed by atoms with Gasteiger partial charge in [0.25, 0.3) is 12.4 Å². The molecule has 7 heteroatoms. The number of halogens is 1. The zero-order chi connectivity index (χ0) is 18.2. The van der Waals surface area contributed by atoms with Crippen LogP contribution in [-0.2, 0) is 9.53 Å². The lowest BCUT2D eigenvalue weighted by Crippen LogP contribution is -2.46. The predicted octanol–water partition coefficient (Wildman–Crippen LogP) is 1.64. The Kier molecular flexibility index (Phi) is 7.51. The van der Waals surface area contributed by atoms with E-state index in [9.17, 15) is 18.8 Å². The molecule has 1 fully saturated rings. The van der Waals surface area contributed by atoms with E-state index in [0.29, 0.717) is 38.9 Å². The Balaban J connectivity index is 0.000000351. The van der Waals surface area contributed by atoms with Crippen molar-refractivity contribution in [1.82, 2.24) is 10.2 Å². The molecule has 1 aliphatic rings. The van der Waals surface area contributed by atoms with Crippen molar-refractivity contribution >= 4 is 18.7 Å². The van der Waals surface area contributed by atoms with Crippen LogP contribution in [0.2, 0.25) is 0 Å². The van der Waals surface area contributed by atoms with Gasteiger partial charge in [-0.1, -0.05) is 6.07 Å². The lowest BCUT2D eigenvalue weighted by Gasteiger charge is -2.27. The summed E-state index contributed by atoms with van der Waals surface area (Å²) in [7, 11) is 0. The van der Waals surface area contributed by atoms with Gasteiger partial charge >= 0.3 is 0 Å². The first-order chi connectivity index (χ1) is 11.3. The van der Waals surface area contributed by atoms with Crippen molar-refractivity contribution in [2.75, 3.05) is 26.2 Å². The third-order valence-corrected chi connectivity index (χ3v) is 3.19. The topological polar surface area (TPSA) is 75.7 Å². The van der Waals surface area contributed by atoms with Crippen LogP contribution in [-0.4, -0.2) is 55.3 Å². The highest BCUT2D eigenvalue weighted by atomic mass is 19.1. The average Bonchev–Trinajstić information content (AvgIpc) is 2.55. The summed E-state index contributed by atoms with van der Waals surface area (Å²) in [5, 5.41) is 3.11. The molecule has 1 heterocycles. The van der Waals surface area contributed by atoms with Crippen molar-refractivity contribution in [2.45, 2.75) is 26.4 Å². The number of carbonyl (C=O) groups is 3. The summed E-state index contributed by atoms with van der Waals surface area (Å²) in [5.41, 5.74) is -0.427. The van der Waals surface area contributed by atoms with Gasteiger partial charge in [0.05, 0.1) is 11.1 Å². The molecule has 1 N–H and O–H groups in total. The molecule has 132 valence electrons. The number of hydrogen-bond donors (Lipinski definition) is 1. The molecule has 1 amide bonds. The fourth-order valence-electron chi connectivity index (χ4n) is 1.99. The molecular formula is C17H23FN2O4. The summed E-state index contributed by atoms with van der Waals surface area (Å²) < 4.78 is 18.3. The molecule has 1 saturated heterocycles. The second kappa shape index (κ2) is 9.12. The number of benzene rings is 1. The number of piperazine rings is 1. The number of ether oxygens (including phenoxy) is 1. The maximum absolute atomic E-state index is 13.8. The van der Waals surface area contributed by atoms with Crippen LogP contribution >= 0.6 is 0 Å². The minimum Gasteiger partial charge on any atom is -0.462 e. The van der Waals surface area contributed by atoms with E-state index in [1.165, 1.54) is 18.2 Å². The van der Waals surface area contributed by atoms with Crippen molar-refractivity contribution in [2.24, 2.45) is 0 Å². The van der Waals surface area contributed by atoms with E-state index in [1.54, 1.807) is 4.90 Å². The van der Waals surface area contributed by atoms with E-state index in [0.717, 1.165) is 0 Å². The number of rotatable bonds is 3. The summed E-state index contributed by atoms with van der Waals surface area (Å²) >= 11 is 0. The highest BCUT2D eigenvalue weighted by Gasteiger charge is 2.21. The molecule has 0 aromatic heterocycles. The van der Waals surface area contributed by atoms with E-state index < -0.39 is 5.82 Å². The molecule has 0 bridgehead atoms. The van der Waals surface area contributed by atoms with Crippen LogP contribution in [0.1, 0.15) is 41.5 Å². The molecule has 0 aliphatic carbocycles. The monoisotopic (exact) mass is 338 g/mol. The molecule has 1 aromatic carbocycles. The smallest absolute Gasteiger partial charge is 0.293 e. The number of amides is 1. The fourth-order valence-corrected chi connectivity index (χ4v) is 1.99. The van der Waals surface area contributed by atoms with E-state index in [1.807, 2.05) is 20.8 Å². The lowest BCUT2D eigenvalue weighted by atomic mass is 10.1. The molecule has 0 spiro atoms. The summed E-state index contributed by atoms with van der Waals surface area (Å²) in [5.74, 6) is -1.08. The molecular weight excluding hydrogens is 315 g/mol. The molecule has 1 aromatic rings. The fraction of sp³-hybridized carbons (Fsp3) is 0.471. The Hall–Kier alpha value is -2.28. The number of hydrogen-bond acceptors (Lipinski definition) is 5. The molecule has 0 atom stereocenters. The van der Waals surface area contributed by atoms with Crippen molar-refractivity contribution in [3.63, 3.8) is 0 Å². The Morgan fingerprint density at radius 3 is 2.33 bits per heavy atom. The van der Waals surface area contributed by atoms with Gasteiger partial charge < -0.3 is 15.0 Å². The third-order valence-electron chi connectivity index (χ3n) is 3.19. The van der Waals surface area contributed by atoms with Gasteiger partial charge in [-0.15, -0.1) is 0 Å². The van der Waals surface area contributed by atoms with Gasteiger partial charge in [-0.2, -0.15) is 0 Å². The quantitative estimate of drug-likeness (QED) is 0.848. The second-order valence-electron chi connectivity index (χ2n) is 6.20. The Morgan fingerprint density at radius 2 is 1.88 bits per heavy atom. The number of carbonyl (C=O) groups excluding carboxylic acids is 3. The molecule has 0 unspecified atom stereocenters. The summed E-state index contributed by atoms with van der Waals surface area (Å²) in [6, 6.07) is 4.28. The van der Waals surface area contributed by atoms with Crippen molar-refractivity contribution in [1.29, 1.82) is 0 Å². The van der Waals surface area contributed by atoms with E-state index in [4.69, 9.17) is 0 Å². The number of aldehydes is 1. The SMILES string of the molecule is CC(C)(C)OC=O.O=Cc1cccc(C(=O)N2CCNCC2)c1F. The predicted molar refractivity (Wildman–Crippen MR) is 87.5 cm³/mol. The van der Waals surface area contributed by atoms with Gasteiger partial charge in [-0.25, -0.2) is 4.39 Å². The number of nitrogens with zero attached hydrogens (tertiary/aromatic N) is 1. The maximum atomic E-state index is 13.8. The third kappa shape index (κ3) is 6.08. The zero-order valence-corrected chi connectivity index (χ0v) is 14.2. The van der Waals surface area contributed by atoms with Gasteiger partial charge in [0.2, 0.25) is 0 Å². The maximum Gasteiger partial charge on any atom is 0.293 e. The number of nitrogens with one attached hydrogen (secondary N) is 1. The largest absolute Gasteiger partial charge is 0.462 e. The van der Waals surface area contributed by atoms with Crippen LogP contribution in [0.3, 0.4) is 0 Å². The van der Waals surface area contributed by atoms with Crippen LogP contribution in [0, 0.1) is 5.82 Å². The van der Waals surface area contributed by atoms with E-state index in [-0.39, 0.29) is 22.6 Å². The molecule has 0 radical (unpaired) electrons. The average molecular weight is 338 g/mol. The minimum atomic E-state index is -0.731. The van der Waals surface area contributed by atoms with Crippen LogP contribution < -0.4 is 5.32 Å². The molecule has 1 aliphatic heterocycles. The van der Waals surface area contributed by atoms with Crippen LogP contribution in [0.5, 0.6) is 0 Å². The lowest BCUT2D eigenvalue weighted by molar-refractivity contribution is -0.138. The molecule has 24 heavy (non-hydrogen) atoms. The van der Waals surface area contributed by atoms with E-state index in [2.05, 4.69) is 10.1 Å². The first-order valence-electron chi connectivity index (χ1n) is 7.65.